The molecule has 1 aliphatic heterocycles. The van der Waals surface area contributed by atoms with Crippen molar-refractivity contribution in [3.63, 3.8) is 0 Å². The standard InChI is InChI=1S/C20H16F4N6O.C18H11F4N3/c1-29-17(31)20(28-18(29)25,14-9-27-30(10-14)11-19(22,23)24)13-5-2-4-12(8-13)15-6-3-7-26-16(15)21;19-17-16(5-2-8-23-17)15-4-1-3-13(9-15)6-7-14-10-24-25(11-14)12-18(20,21)22/h2-10H,11H2,1H3,(H2,25,28);1-5,8-11H,12H2. The monoisotopic (exact) mass is 777 g/mol. The second-order valence-corrected chi connectivity index (χ2v) is 12.2. The predicted molar refractivity (Wildman–Crippen MR) is 187 cm³/mol. The number of amides is 1. The normalized spacial score (nSPS) is 15.5. The van der Waals surface area contributed by atoms with Crippen LogP contribution in [0.1, 0.15) is 22.3 Å². The van der Waals surface area contributed by atoms with Gasteiger partial charge in [-0.15, -0.1) is 0 Å². The molecular formula is C38H27F8N9O. The van der Waals surface area contributed by atoms with Crippen LogP contribution in [-0.4, -0.2) is 65.7 Å². The number of likely N-dealkylation sites (N-methyl/N-ethyl adjacent to an activating group) is 1. The van der Waals surface area contributed by atoms with Crippen LogP contribution in [-0.2, 0) is 23.4 Å². The largest absolute Gasteiger partial charge is 0.408 e. The third-order valence-electron chi connectivity index (χ3n) is 8.24. The van der Waals surface area contributed by atoms with Gasteiger partial charge in [-0.1, -0.05) is 42.2 Å². The van der Waals surface area contributed by atoms with Crippen LogP contribution in [0.15, 0.2) is 115 Å². The minimum Gasteiger partial charge on any atom is -0.369 e. The van der Waals surface area contributed by atoms with Gasteiger partial charge < -0.3 is 5.73 Å². The average Bonchev–Trinajstić information content (AvgIpc) is 3.86. The van der Waals surface area contributed by atoms with E-state index in [1.54, 1.807) is 60.7 Å². The van der Waals surface area contributed by atoms with Crippen LogP contribution < -0.4 is 5.73 Å². The van der Waals surface area contributed by atoms with Gasteiger partial charge in [0.25, 0.3) is 5.91 Å². The van der Waals surface area contributed by atoms with Crippen LogP contribution in [0.25, 0.3) is 22.3 Å². The summed E-state index contributed by atoms with van der Waals surface area (Å²) in [5.74, 6) is 3.63. The fraction of sp³-hybridized carbons (Fsp3) is 0.158. The van der Waals surface area contributed by atoms with E-state index in [1.165, 1.54) is 44.0 Å². The molecule has 0 fully saturated rings. The van der Waals surface area contributed by atoms with Gasteiger partial charge in [-0.3, -0.25) is 19.1 Å². The van der Waals surface area contributed by atoms with Gasteiger partial charge in [-0.05, 0) is 59.2 Å². The Morgan fingerprint density at radius 3 is 1.82 bits per heavy atom. The van der Waals surface area contributed by atoms with E-state index < -0.39 is 48.8 Å². The number of benzene rings is 2. The number of halogens is 8. The highest BCUT2D eigenvalue weighted by Crippen LogP contribution is 2.40. The first-order chi connectivity index (χ1) is 26.5. The molecule has 7 rings (SSSR count). The average molecular weight is 778 g/mol. The molecule has 0 saturated carbocycles. The van der Waals surface area contributed by atoms with Gasteiger partial charge in [0.2, 0.25) is 11.9 Å². The third-order valence-corrected chi connectivity index (χ3v) is 8.24. The highest BCUT2D eigenvalue weighted by Gasteiger charge is 2.50. The molecule has 10 nitrogen and oxygen atoms in total. The zero-order valence-corrected chi connectivity index (χ0v) is 28.9. The SMILES string of the molecule is CN1C(=O)C(c2cccc(-c3cccnc3F)c2)(c2cnn(CC(F)(F)F)c2)N=C1N.Fc1ncccc1-c1cccc(C#Cc2cnn(CC(F)(F)F)c2)c1. The number of carbonyl (C=O) groups is 1. The number of guanidine groups is 1. The van der Waals surface area contributed by atoms with E-state index in [0.29, 0.717) is 38.1 Å². The van der Waals surface area contributed by atoms with Gasteiger partial charge in [-0.25, -0.2) is 15.0 Å². The van der Waals surface area contributed by atoms with E-state index in [0.717, 1.165) is 22.0 Å². The number of carbonyl (C=O) groups excluding carboxylic acids is 1. The number of aliphatic imine (C=N–C) groups is 1. The van der Waals surface area contributed by atoms with E-state index in [1.807, 2.05) is 0 Å². The minimum atomic E-state index is -4.49. The Morgan fingerprint density at radius 2 is 1.25 bits per heavy atom. The Balaban J connectivity index is 0.000000194. The smallest absolute Gasteiger partial charge is 0.369 e. The number of aromatic nitrogens is 6. The van der Waals surface area contributed by atoms with E-state index >= 15 is 0 Å². The lowest BCUT2D eigenvalue weighted by Crippen LogP contribution is -2.41. The fourth-order valence-electron chi connectivity index (χ4n) is 5.73. The molecule has 5 heterocycles. The third kappa shape index (κ3) is 8.73. The Bertz CT molecular complexity index is 2480. The quantitative estimate of drug-likeness (QED) is 0.114. The van der Waals surface area contributed by atoms with Gasteiger partial charge in [0.1, 0.15) is 13.1 Å². The van der Waals surface area contributed by atoms with Gasteiger partial charge >= 0.3 is 12.4 Å². The molecule has 1 aliphatic rings. The molecule has 18 heteroatoms. The van der Waals surface area contributed by atoms with Crippen LogP contribution in [0.2, 0.25) is 0 Å². The first-order valence-electron chi connectivity index (χ1n) is 16.3. The zero-order valence-electron chi connectivity index (χ0n) is 28.9. The number of rotatable bonds is 6. The van der Waals surface area contributed by atoms with E-state index in [-0.39, 0.29) is 17.1 Å². The molecular weight excluding hydrogens is 750 g/mol. The van der Waals surface area contributed by atoms with Crippen molar-refractivity contribution in [2.75, 3.05) is 7.05 Å². The zero-order chi connectivity index (χ0) is 40.3. The Hall–Kier alpha value is -6.90. The topological polar surface area (TPSA) is 120 Å². The maximum atomic E-state index is 14.2. The van der Waals surface area contributed by atoms with Crippen LogP contribution in [0.3, 0.4) is 0 Å². The van der Waals surface area contributed by atoms with Crippen LogP contribution in [0.4, 0.5) is 35.1 Å². The van der Waals surface area contributed by atoms with Crippen LogP contribution >= 0.6 is 0 Å². The maximum absolute atomic E-state index is 14.2. The molecule has 1 atom stereocenters. The molecule has 0 radical (unpaired) electrons. The van der Waals surface area contributed by atoms with Crippen molar-refractivity contribution in [1.82, 2.24) is 34.4 Å². The number of pyridine rings is 2. The van der Waals surface area contributed by atoms with Crippen LogP contribution in [0, 0.1) is 23.7 Å². The van der Waals surface area contributed by atoms with Crippen molar-refractivity contribution >= 4 is 11.9 Å². The molecule has 1 unspecified atom stereocenters. The molecule has 56 heavy (non-hydrogen) atoms. The lowest BCUT2D eigenvalue weighted by atomic mass is 9.83. The maximum Gasteiger partial charge on any atom is 0.408 e. The van der Waals surface area contributed by atoms with Gasteiger partial charge in [-0.2, -0.15) is 45.3 Å². The fourth-order valence-corrected chi connectivity index (χ4v) is 5.73. The van der Waals surface area contributed by atoms with Crippen molar-refractivity contribution in [1.29, 1.82) is 0 Å². The summed E-state index contributed by atoms with van der Waals surface area (Å²) < 4.78 is 105. The minimum absolute atomic E-state index is 0.105. The highest BCUT2D eigenvalue weighted by molar-refractivity contribution is 6.09. The number of alkyl halides is 6. The van der Waals surface area contributed by atoms with Crippen molar-refractivity contribution < 1.29 is 39.9 Å². The molecule has 4 aromatic heterocycles. The second-order valence-electron chi connectivity index (χ2n) is 12.2. The summed E-state index contributed by atoms with van der Waals surface area (Å²) in [4.78, 5) is 25.9. The van der Waals surface area contributed by atoms with Crippen molar-refractivity contribution in [2.45, 2.75) is 31.0 Å². The van der Waals surface area contributed by atoms with Gasteiger partial charge in [0.15, 0.2) is 11.5 Å². The number of nitrogens with zero attached hydrogens (tertiary/aromatic N) is 8. The Labute approximate surface area is 313 Å². The predicted octanol–water partition coefficient (Wildman–Crippen LogP) is 6.72. The number of hydrogen-bond donors (Lipinski definition) is 1. The summed E-state index contributed by atoms with van der Waals surface area (Å²) in [5, 5.41) is 7.37. The lowest BCUT2D eigenvalue weighted by molar-refractivity contribution is -0.143. The van der Waals surface area contributed by atoms with Crippen molar-refractivity contribution in [2.24, 2.45) is 10.7 Å². The van der Waals surface area contributed by atoms with E-state index in [2.05, 4.69) is 37.0 Å². The molecule has 0 bridgehead atoms. The summed E-state index contributed by atoms with van der Waals surface area (Å²) in [6.45, 7) is -2.49. The number of nitrogens with two attached hydrogens (primary N) is 1. The number of hydrogen-bond acceptors (Lipinski definition) is 7. The summed E-state index contributed by atoms with van der Waals surface area (Å²) in [5.41, 5.74) is 7.08. The summed E-state index contributed by atoms with van der Waals surface area (Å²) in [6, 6.07) is 19.5. The molecule has 0 saturated heterocycles. The highest BCUT2D eigenvalue weighted by atomic mass is 19.4. The van der Waals surface area contributed by atoms with Crippen molar-refractivity contribution in [3.05, 3.63) is 144 Å². The Morgan fingerprint density at radius 1 is 0.696 bits per heavy atom. The Kier molecular flexibility index (Phi) is 10.7. The van der Waals surface area contributed by atoms with E-state index in [4.69, 9.17) is 5.73 Å². The molecule has 6 aromatic rings. The summed E-state index contributed by atoms with van der Waals surface area (Å²) in [7, 11) is 1.41. The lowest BCUT2D eigenvalue weighted by Gasteiger charge is -2.25. The summed E-state index contributed by atoms with van der Waals surface area (Å²) >= 11 is 0. The molecule has 2 N–H and O–H groups in total. The molecule has 0 spiro atoms. The molecule has 2 aromatic carbocycles. The first-order valence-corrected chi connectivity index (χ1v) is 16.3. The van der Waals surface area contributed by atoms with Crippen LogP contribution in [0.5, 0.6) is 0 Å². The summed E-state index contributed by atoms with van der Waals surface area (Å²) in [6.07, 6.45) is -1.41. The van der Waals surface area contributed by atoms with Gasteiger partial charge in [0, 0.05) is 54.1 Å². The molecule has 1 amide bonds. The van der Waals surface area contributed by atoms with Crippen molar-refractivity contribution in [3.8, 4) is 34.1 Å². The molecule has 0 aliphatic carbocycles. The van der Waals surface area contributed by atoms with E-state index in [9.17, 15) is 39.9 Å². The molecule has 286 valence electrons. The van der Waals surface area contributed by atoms with Gasteiger partial charge in [0.05, 0.1) is 18.0 Å². The second kappa shape index (κ2) is 15.5. The first kappa shape index (κ1) is 38.8.